The Morgan fingerprint density at radius 2 is 1.50 bits per heavy atom. The molecule has 0 bridgehead atoms. The molecule has 1 aromatic carbocycles. The summed E-state index contributed by atoms with van der Waals surface area (Å²) in [5.74, 6) is -0.898. The molecule has 7 nitrogen and oxygen atoms in total. The van der Waals surface area contributed by atoms with Crippen LogP contribution in [0.25, 0.3) is 0 Å². The molecule has 34 heavy (non-hydrogen) atoms. The van der Waals surface area contributed by atoms with Crippen molar-refractivity contribution in [1.29, 1.82) is 0 Å². The molecule has 0 fully saturated rings. The number of nitrogens with zero attached hydrogens (tertiary/aromatic N) is 1. The number of methoxy groups -OCH3 is 1. The Morgan fingerprint density at radius 3 is 1.97 bits per heavy atom. The Bertz CT molecular complexity index is 951. The van der Waals surface area contributed by atoms with E-state index in [-0.39, 0.29) is 4.90 Å². The lowest BCUT2D eigenvalue weighted by Crippen LogP contribution is -2.52. The first-order chi connectivity index (χ1) is 15.5. The van der Waals surface area contributed by atoms with Crippen molar-refractivity contribution in [1.82, 2.24) is 4.90 Å². The van der Waals surface area contributed by atoms with E-state index < -0.39 is 45.9 Å². The van der Waals surface area contributed by atoms with Crippen LogP contribution in [0.15, 0.2) is 58.5 Å². The first-order valence-corrected chi connectivity index (χ1v) is 22.2. The van der Waals surface area contributed by atoms with Crippen LogP contribution in [0.5, 0.6) is 0 Å². The first-order valence-electron chi connectivity index (χ1n) is 11.4. The fraction of sp³-hybridized carbons (Fsp3) is 0.522. The van der Waals surface area contributed by atoms with Gasteiger partial charge in [0, 0.05) is 13.6 Å². The fourth-order valence-corrected chi connectivity index (χ4v) is 17.4. The Morgan fingerprint density at radius 1 is 0.971 bits per heavy atom. The minimum atomic E-state index is -3.98. The average Bonchev–Trinajstić information content (AvgIpc) is 2.68. The SMILES string of the molecule is COC(=O)/C(=C\C=C\N(C)CCC[Si](C)(O[Si](C)(C)C)O[Si](C)(C)C)S(=O)(=O)c1ccccc1. The maximum absolute atomic E-state index is 12.9. The molecule has 0 saturated carbocycles. The summed E-state index contributed by atoms with van der Waals surface area (Å²) in [5.41, 5.74) is 0. The van der Waals surface area contributed by atoms with E-state index in [9.17, 15) is 13.2 Å². The van der Waals surface area contributed by atoms with Crippen LogP contribution in [0.1, 0.15) is 6.42 Å². The average molecular weight is 544 g/mol. The van der Waals surface area contributed by atoms with Crippen molar-refractivity contribution in [2.75, 3.05) is 20.7 Å². The van der Waals surface area contributed by atoms with Crippen molar-refractivity contribution in [2.45, 2.75) is 63.2 Å². The first kappa shape index (κ1) is 30.5. The summed E-state index contributed by atoms with van der Waals surface area (Å²) >= 11 is 0. The maximum atomic E-state index is 12.9. The zero-order valence-corrected chi connectivity index (χ0v) is 25.9. The Balaban J connectivity index is 2.90. The number of ether oxygens (including phenoxy) is 1. The number of hydrogen-bond donors (Lipinski definition) is 0. The lowest BCUT2D eigenvalue weighted by Gasteiger charge is -2.38. The molecule has 11 heteroatoms. The molecule has 0 aromatic heterocycles. The van der Waals surface area contributed by atoms with Gasteiger partial charge in [0.25, 0.3) is 0 Å². The fourth-order valence-electron chi connectivity index (χ4n) is 3.51. The van der Waals surface area contributed by atoms with Crippen LogP contribution in [-0.2, 0) is 27.6 Å². The van der Waals surface area contributed by atoms with Gasteiger partial charge in [-0.1, -0.05) is 18.2 Å². The molecule has 192 valence electrons. The van der Waals surface area contributed by atoms with E-state index in [0.717, 1.165) is 19.0 Å². The standard InChI is InChI=1S/C23H41NO6SSi3/c1-24(19-14-20-34(9,29-32(3,4)5)30-33(6,7)8)18-13-17-22(23(25)28-2)31(26,27)21-15-11-10-12-16-21/h10-13,15-18H,14,19-20H2,1-9H3/b18-13+,22-17+. The van der Waals surface area contributed by atoms with Gasteiger partial charge in [0.05, 0.1) is 12.0 Å². The van der Waals surface area contributed by atoms with Crippen LogP contribution >= 0.6 is 0 Å². The summed E-state index contributed by atoms with van der Waals surface area (Å²) in [6, 6.07) is 8.72. The number of allylic oxidation sites excluding steroid dienone is 2. The van der Waals surface area contributed by atoms with Crippen LogP contribution in [0.3, 0.4) is 0 Å². The molecule has 0 N–H and O–H groups in total. The predicted molar refractivity (Wildman–Crippen MR) is 145 cm³/mol. The minimum Gasteiger partial charge on any atom is -0.465 e. The van der Waals surface area contributed by atoms with Crippen LogP contribution in [-0.4, -0.2) is 65.2 Å². The van der Waals surface area contributed by atoms with Crippen LogP contribution in [0, 0.1) is 0 Å². The highest BCUT2D eigenvalue weighted by molar-refractivity contribution is 7.96. The normalized spacial score (nSPS) is 13.9. The molecule has 0 aliphatic rings. The van der Waals surface area contributed by atoms with Gasteiger partial charge in [0.1, 0.15) is 0 Å². The number of carbonyl (C=O) groups excluding carboxylic acids is 1. The number of carbonyl (C=O) groups is 1. The molecule has 1 aromatic rings. The van der Waals surface area contributed by atoms with Gasteiger partial charge in [-0.3, -0.25) is 0 Å². The lowest BCUT2D eigenvalue weighted by molar-refractivity contribution is -0.135. The summed E-state index contributed by atoms with van der Waals surface area (Å²) < 4.78 is 43.6. The predicted octanol–water partition coefficient (Wildman–Crippen LogP) is 5.13. The highest BCUT2D eigenvalue weighted by Gasteiger charge is 2.39. The minimum absolute atomic E-state index is 0.0439. The van der Waals surface area contributed by atoms with Gasteiger partial charge in [-0.2, -0.15) is 0 Å². The van der Waals surface area contributed by atoms with Gasteiger partial charge in [-0.15, -0.1) is 0 Å². The van der Waals surface area contributed by atoms with E-state index in [1.165, 1.54) is 25.3 Å². The molecule has 0 heterocycles. The summed E-state index contributed by atoms with van der Waals surface area (Å²) in [6.45, 7) is 16.1. The van der Waals surface area contributed by atoms with E-state index in [1.807, 2.05) is 11.9 Å². The van der Waals surface area contributed by atoms with Gasteiger partial charge >= 0.3 is 14.5 Å². The zero-order valence-electron chi connectivity index (χ0n) is 22.0. The van der Waals surface area contributed by atoms with Crippen molar-refractivity contribution in [3.63, 3.8) is 0 Å². The van der Waals surface area contributed by atoms with Crippen LogP contribution in [0.4, 0.5) is 0 Å². The van der Waals surface area contributed by atoms with E-state index in [1.54, 1.807) is 30.5 Å². The highest BCUT2D eigenvalue weighted by atomic mass is 32.2. The van der Waals surface area contributed by atoms with E-state index in [2.05, 4.69) is 45.8 Å². The monoisotopic (exact) mass is 543 g/mol. The molecular formula is C23H41NO6SSi3. The summed E-state index contributed by atoms with van der Waals surface area (Å²) in [4.78, 5) is 13.8. The van der Waals surface area contributed by atoms with Gasteiger partial charge in [-0.25, -0.2) is 13.2 Å². The molecule has 0 saturated heterocycles. The van der Waals surface area contributed by atoms with Gasteiger partial charge in [0.15, 0.2) is 21.5 Å². The molecule has 0 atom stereocenters. The molecule has 0 amide bonds. The zero-order chi connectivity index (χ0) is 26.2. The second-order valence-corrected chi connectivity index (χ2v) is 25.1. The third-order valence-corrected chi connectivity index (χ3v) is 15.9. The van der Waals surface area contributed by atoms with Crippen molar-refractivity contribution in [3.8, 4) is 0 Å². The van der Waals surface area contributed by atoms with Crippen LogP contribution < -0.4 is 0 Å². The Labute approximate surface area is 209 Å². The van der Waals surface area contributed by atoms with Crippen molar-refractivity contribution in [2.24, 2.45) is 0 Å². The molecular weight excluding hydrogens is 503 g/mol. The topological polar surface area (TPSA) is 82.1 Å². The second kappa shape index (κ2) is 12.5. The largest absolute Gasteiger partial charge is 0.465 e. The van der Waals surface area contributed by atoms with E-state index in [0.29, 0.717) is 0 Å². The van der Waals surface area contributed by atoms with Gasteiger partial charge in [0.2, 0.25) is 9.84 Å². The van der Waals surface area contributed by atoms with Gasteiger partial charge < -0.3 is 17.9 Å². The highest BCUT2D eigenvalue weighted by Crippen LogP contribution is 2.25. The molecule has 1 rings (SSSR count). The Hall–Kier alpha value is -1.51. The summed E-state index contributed by atoms with van der Waals surface area (Å²) in [6.07, 6.45) is 5.47. The molecule has 0 radical (unpaired) electrons. The smallest absolute Gasteiger partial charge is 0.349 e. The molecule has 0 spiro atoms. The number of esters is 1. The molecule has 0 aliphatic carbocycles. The summed E-state index contributed by atoms with van der Waals surface area (Å²) in [7, 11) is -6.69. The number of sulfone groups is 1. The molecule has 0 unspecified atom stereocenters. The lowest BCUT2D eigenvalue weighted by atomic mass is 10.4. The quantitative estimate of drug-likeness (QED) is 0.148. The van der Waals surface area contributed by atoms with Crippen molar-refractivity contribution < 1.29 is 26.2 Å². The van der Waals surface area contributed by atoms with Crippen molar-refractivity contribution >= 4 is 41.0 Å². The van der Waals surface area contributed by atoms with Gasteiger partial charge in [-0.05, 0) is 88.8 Å². The van der Waals surface area contributed by atoms with E-state index in [4.69, 9.17) is 13.0 Å². The van der Waals surface area contributed by atoms with Crippen molar-refractivity contribution in [3.05, 3.63) is 53.6 Å². The van der Waals surface area contributed by atoms with E-state index >= 15 is 0 Å². The number of rotatable bonds is 13. The number of hydrogen-bond acceptors (Lipinski definition) is 7. The Kier molecular flexibility index (Phi) is 11.2. The third kappa shape index (κ3) is 10.8. The molecule has 0 aliphatic heterocycles. The summed E-state index contributed by atoms with van der Waals surface area (Å²) in [5, 5.41) is 0. The maximum Gasteiger partial charge on any atom is 0.349 e. The van der Waals surface area contributed by atoms with Crippen LogP contribution in [0.2, 0.25) is 51.9 Å². The third-order valence-electron chi connectivity index (χ3n) is 4.50. The second-order valence-electron chi connectivity index (χ2n) is 10.3. The number of benzene rings is 1.